The maximum atomic E-state index is 11.9. The largest absolute Gasteiger partial charge is 0.396 e. The van der Waals surface area contributed by atoms with Crippen molar-refractivity contribution in [2.75, 3.05) is 13.2 Å². The lowest BCUT2D eigenvalue weighted by atomic mass is 10.2. The molecule has 0 saturated heterocycles. The third-order valence-electron chi connectivity index (χ3n) is 2.60. The predicted molar refractivity (Wildman–Crippen MR) is 83.8 cm³/mol. The van der Waals surface area contributed by atoms with Gasteiger partial charge in [-0.3, -0.25) is 4.79 Å². The van der Waals surface area contributed by atoms with Gasteiger partial charge in [-0.1, -0.05) is 23.2 Å². The van der Waals surface area contributed by atoms with Gasteiger partial charge in [0.05, 0.1) is 4.88 Å². The summed E-state index contributed by atoms with van der Waals surface area (Å²) < 4.78 is 0. The van der Waals surface area contributed by atoms with Gasteiger partial charge >= 0.3 is 0 Å². The zero-order valence-electron chi connectivity index (χ0n) is 10.5. The van der Waals surface area contributed by atoms with Crippen molar-refractivity contribution in [1.29, 1.82) is 0 Å². The number of aliphatic hydroxyl groups excluding tert-OH is 1. The molecule has 0 aliphatic rings. The lowest BCUT2D eigenvalue weighted by Gasteiger charge is -2.01. The van der Waals surface area contributed by atoms with Crippen LogP contribution < -0.4 is 5.32 Å². The van der Waals surface area contributed by atoms with Gasteiger partial charge in [0.2, 0.25) is 0 Å². The minimum Gasteiger partial charge on any atom is -0.396 e. The Hall–Kier alpha value is -1.07. The molecule has 6 heteroatoms. The van der Waals surface area contributed by atoms with Crippen molar-refractivity contribution >= 4 is 40.4 Å². The van der Waals surface area contributed by atoms with Gasteiger partial charge in [-0.25, -0.2) is 0 Å². The SMILES string of the molecule is O=C(NCCCO)c1ccc(-c2cc(Cl)cc(Cl)c2)s1. The van der Waals surface area contributed by atoms with E-state index < -0.39 is 0 Å². The van der Waals surface area contributed by atoms with Crippen molar-refractivity contribution in [2.45, 2.75) is 6.42 Å². The number of carbonyl (C=O) groups is 1. The minimum absolute atomic E-state index is 0.0665. The Balaban J connectivity index is 2.14. The van der Waals surface area contributed by atoms with Gasteiger partial charge in [-0.05, 0) is 42.3 Å². The van der Waals surface area contributed by atoms with E-state index in [0.29, 0.717) is 27.9 Å². The Morgan fingerprint density at radius 2 is 1.90 bits per heavy atom. The number of hydrogen-bond donors (Lipinski definition) is 2. The molecule has 0 spiro atoms. The number of halogens is 2. The first kappa shape index (κ1) is 15.3. The van der Waals surface area contributed by atoms with Gasteiger partial charge < -0.3 is 10.4 Å². The Kier molecular flexibility index (Phi) is 5.43. The molecule has 1 aromatic carbocycles. The number of hydrogen-bond acceptors (Lipinski definition) is 3. The maximum Gasteiger partial charge on any atom is 0.261 e. The van der Waals surface area contributed by atoms with E-state index in [-0.39, 0.29) is 12.5 Å². The zero-order valence-corrected chi connectivity index (χ0v) is 12.9. The Morgan fingerprint density at radius 1 is 1.20 bits per heavy atom. The van der Waals surface area contributed by atoms with E-state index >= 15 is 0 Å². The van der Waals surface area contributed by atoms with Crippen LogP contribution in [0.3, 0.4) is 0 Å². The van der Waals surface area contributed by atoms with Crippen molar-refractivity contribution < 1.29 is 9.90 Å². The molecule has 20 heavy (non-hydrogen) atoms. The standard InChI is InChI=1S/C14H13Cl2NO2S/c15-10-6-9(7-11(16)8-10)12-2-3-13(20-12)14(19)17-4-1-5-18/h2-3,6-8,18H,1,4-5H2,(H,17,19). The molecule has 0 bridgehead atoms. The van der Waals surface area contributed by atoms with Crippen molar-refractivity contribution in [1.82, 2.24) is 5.32 Å². The monoisotopic (exact) mass is 329 g/mol. The van der Waals surface area contributed by atoms with Crippen LogP contribution in [0.15, 0.2) is 30.3 Å². The third kappa shape index (κ3) is 3.96. The minimum atomic E-state index is -0.136. The molecule has 0 aliphatic heterocycles. The Labute approximate surface area is 131 Å². The summed E-state index contributed by atoms with van der Waals surface area (Å²) in [6.07, 6.45) is 0.549. The summed E-state index contributed by atoms with van der Waals surface area (Å²) in [6.45, 7) is 0.530. The second kappa shape index (κ2) is 7.09. The number of amides is 1. The zero-order chi connectivity index (χ0) is 14.5. The molecule has 0 fully saturated rings. The summed E-state index contributed by atoms with van der Waals surface area (Å²) in [6, 6.07) is 8.93. The second-order valence-corrected chi connectivity index (χ2v) is 6.11. The summed E-state index contributed by atoms with van der Waals surface area (Å²) in [7, 11) is 0. The van der Waals surface area contributed by atoms with Crippen LogP contribution in [-0.2, 0) is 0 Å². The first-order chi connectivity index (χ1) is 9.60. The molecule has 0 saturated carbocycles. The van der Waals surface area contributed by atoms with Crippen molar-refractivity contribution in [2.24, 2.45) is 0 Å². The lowest BCUT2D eigenvalue weighted by Crippen LogP contribution is -2.24. The third-order valence-corrected chi connectivity index (χ3v) is 4.17. The van der Waals surface area contributed by atoms with Crippen LogP contribution in [-0.4, -0.2) is 24.2 Å². The summed E-state index contributed by atoms with van der Waals surface area (Å²) in [5.41, 5.74) is 0.891. The van der Waals surface area contributed by atoms with Crippen LogP contribution in [0.4, 0.5) is 0 Å². The fourth-order valence-electron chi connectivity index (χ4n) is 1.68. The molecule has 2 N–H and O–H groups in total. The van der Waals surface area contributed by atoms with Gasteiger partial charge in [0, 0.05) is 28.1 Å². The molecule has 0 radical (unpaired) electrons. The second-order valence-electron chi connectivity index (χ2n) is 4.16. The average Bonchev–Trinajstić information content (AvgIpc) is 2.87. The van der Waals surface area contributed by atoms with E-state index in [1.165, 1.54) is 11.3 Å². The predicted octanol–water partition coefficient (Wildman–Crippen LogP) is 3.83. The average molecular weight is 330 g/mol. The first-order valence-corrected chi connectivity index (χ1v) is 7.63. The number of aliphatic hydroxyl groups is 1. The molecule has 1 heterocycles. The number of benzene rings is 1. The fourth-order valence-corrected chi connectivity index (χ4v) is 3.11. The van der Waals surface area contributed by atoms with E-state index in [0.717, 1.165) is 10.4 Å². The first-order valence-electron chi connectivity index (χ1n) is 6.05. The van der Waals surface area contributed by atoms with E-state index in [4.69, 9.17) is 28.3 Å². The molecule has 1 amide bonds. The highest BCUT2D eigenvalue weighted by Crippen LogP contribution is 2.32. The van der Waals surface area contributed by atoms with Crippen LogP contribution in [0.2, 0.25) is 10.0 Å². The molecule has 1 aromatic heterocycles. The van der Waals surface area contributed by atoms with Crippen molar-refractivity contribution in [3.63, 3.8) is 0 Å². The van der Waals surface area contributed by atoms with Crippen molar-refractivity contribution in [3.05, 3.63) is 45.3 Å². The summed E-state index contributed by atoms with van der Waals surface area (Å²) in [4.78, 5) is 13.4. The number of thiophene rings is 1. The number of carbonyl (C=O) groups excluding carboxylic acids is 1. The van der Waals surface area contributed by atoms with Crippen LogP contribution in [0.1, 0.15) is 16.1 Å². The van der Waals surface area contributed by atoms with Gasteiger partial charge in [-0.2, -0.15) is 0 Å². The lowest BCUT2D eigenvalue weighted by molar-refractivity contribution is 0.0955. The van der Waals surface area contributed by atoms with Crippen LogP contribution >= 0.6 is 34.5 Å². The quantitative estimate of drug-likeness (QED) is 0.819. The summed E-state index contributed by atoms with van der Waals surface area (Å²) >= 11 is 13.3. The van der Waals surface area contributed by atoms with Crippen LogP contribution in [0, 0.1) is 0 Å². The van der Waals surface area contributed by atoms with Gasteiger partial charge in [0.15, 0.2) is 0 Å². The van der Waals surface area contributed by atoms with Crippen LogP contribution in [0.25, 0.3) is 10.4 Å². The van der Waals surface area contributed by atoms with Gasteiger partial charge in [0.25, 0.3) is 5.91 Å². The van der Waals surface area contributed by atoms with Crippen LogP contribution in [0.5, 0.6) is 0 Å². The molecule has 0 atom stereocenters. The topological polar surface area (TPSA) is 49.3 Å². The van der Waals surface area contributed by atoms with Crippen molar-refractivity contribution in [3.8, 4) is 10.4 Å². The summed E-state index contributed by atoms with van der Waals surface area (Å²) in [5.74, 6) is -0.136. The molecule has 2 aromatic rings. The number of nitrogens with one attached hydrogen (secondary N) is 1. The van der Waals surface area contributed by atoms with Gasteiger partial charge in [-0.15, -0.1) is 11.3 Å². The summed E-state index contributed by atoms with van der Waals surface area (Å²) in [5, 5.41) is 12.6. The maximum absolute atomic E-state index is 11.9. The highest BCUT2D eigenvalue weighted by atomic mass is 35.5. The normalized spacial score (nSPS) is 10.6. The fraction of sp³-hybridized carbons (Fsp3) is 0.214. The van der Waals surface area contributed by atoms with E-state index in [1.807, 2.05) is 18.2 Å². The molecule has 106 valence electrons. The smallest absolute Gasteiger partial charge is 0.261 e. The molecular formula is C14H13Cl2NO2S. The molecule has 0 aliphatic carbocycles. The highest BCUT2D eigenvalue weighted by molar-refractivity contribution is 7.17. The molecule has 0 unspecified atom stereocenters. The highest BCUT2D eigenvalue weighted by Gasteiger charge is 2.10. The van der Waals surface area contributed by atoms with E-state index in [9.17, 15) is 4.79 Å². The Bertz CT molecular complexity index is 593. The molecular weight excluding hydrogens is 317 g/mol. The molecule has 2 rings (SSSR count). The van der Waals surface area contributed by atoms with E-state index in [2.05, 4.69) is 5.32 Å². The Morgan fingerprint density at radius 3 is 2.55 bits per heavy atom. The van der Waals surface area contributed by atoms with E-state index in [1.54, 1.807) is 12.1 Å². The van der Waals surface area contributed by atoms with Gasteiger partial charge in [0.1, 0.15) is 0 Å². The number of rotatable bonds is 5. The molecule has 3 nitrogen and oxygen atoms in total.